The van der Waals surface area contributed by atoms with E-state index in [2.05, 4.69) is 39.4 Å². The molecule has 68 valence electrons. The van der Waals surface area contributed by atoms with Crippen LogP contribution in [0.2, 0.25) is 0 Å². The summed E-state index contributed by atoms with van der Waals surface area (Å²) < 4.78 is 0. The molecule has 0 aromatic heterocycles. The largest absolute Gasteiger partial charge is 0.309 e. The molecule has 1 heteroatoms. The summed E-state index contributed by atoms with van der Waals surface area (Å²) in [4.78, 5) is 2.18. The van der Waals surface area contributed by atoms with Crippen molar-refractivity contribution in [2.24, 2.45) is 5.92 Å². The monoisotopic (exact) mass is 157 g/mol. The molecule has 1 unspecified atom stereocenters. The zero-order valence-electron chi connectivity index (χ0n) is 8.94. The molecule has 0 aliphatic carbocycles. The summed E-state index contributed by atoms with van der Waals surface area (Å²) in [6, 6.07) is 0. The van der Waals surface area contributed by atoms with Gasteiger partial charge in [-0.25, -0.2) is 0 Å². The van der Waals surface area contributed by atoms with Crippen molar-refractivity contribution in [1.29, 1.82) is 0 Å². The van der Waals surface area contributed by atoms with Gasteiger partial charge in [0.25, 0.3) is 0 Å². The van der Waals surface area contributed by atoms with Gasteiger partial charge in [-0.3, -0.25) is 0 Å². The highest BCUT2D eigenvalue weighted by Gasteiger charge is 2.01. The molecular formula is C10H23N. The second-order valence-electron chi connectivity index (χ2n) is 3.01. The molecule has 0 N–H and O–H groups in total. The lowest BCUT2D eigenvalue weighted by Crippen LogP contribution is -2.19. The number of hydrogen-bond donors (Lipinski definition) is 0. The maximum atomic E-state index is 3.88. The molecule has 0 radical (unpaired) electrons. The predicted octanol–water partition coefficient (Wildman–Crippen LogP) is 2.79. The standard InChI is InChI=1S/C8H17N.C2H6/c1-7(2)8(3)6-9(4)5;1-2/h8H,1,6H2,2-5H3;1-2H3. The van der Waals surface area contributed by atoms with E-state index < -0.39 is 0 Å². The Balaban J connectivity index is 0. The maximum absolute atomic E-state index is 3.88. The zero-order valence-corrected chi connectivity index (χ0v) is 8.94. The maximum Gasteiger partial charge on any atom is 0.00380 e. The van der Waals surface area contributed by atoms with Crippen LogP contribution in [0.15, 0.2) is 12.2 Å². The molecule has 0 aliphatic heterocycles. The van der Waals surface area contributed by atoms with E-state index in [1.54, 1.807) is 0 Å². The fourth-order valence-electron chi connectivity index (χ4n) is 0.704. The average Bonchev–Trinajstić information content (AvgIpc) is 1.90. The molecule has 0 aromatic carbocycles. The molecule has 1 nitrogen and oxygen atoms in total. The van der Waals surface area contributed by atoms with Crippen molar-refractivity contribution in [2.75, 3.05) is 20.6 Å². The van der Waals surface area contributed by atoms with E-state index in [0.29, 0.717) is 5.92 Å². The van der Waals surface area contributed by atoms with E-state index in [-0.39, 0.29) is 0 Å². The van der Waals surface area contributed by atoms with Crippen molar-refractivity contribution in [3.63, 3.8) is 0 Å². The molecule has 0 spiro atoms. The Morgan fingerprint density at radius 3 is 1.82 bits per heavy atom. The van der Waals surface area contributed by atoms with Gasteiger partial charge in [-0.15, -0.1) is 0 Å². The minimum atomic E-state index is 0.625. The Hall–Kier alpha value is -0.300. The van der Waals surface area contributed by atoms with Crippen LogP contribution in [0.3, 0.4) is 0 Å². The molecule has 0 aliphatic rings. The topological polar surface area (TPSA) is 3.24 Å². The van der Waals surface area contributed by atoms with Crippen LogP contribution >= 0.6 is 0 Å². The predicted molar refractivity (Wildman–Crippen MR) is 53.9 cm³/mol. The summed E-state index contributed by atoms with van der Waals surface area (Å²) in [7, 11) is 4.17. The van der Waals surface area contributed by atoms with Gasteiger partial charge < -0.3 is 4.90 Å². The minimum absolute atomic E-state index is 0.625. The van der Waals surface area contributed by atoms with Gasteiger partial charge in [-0.2, -0.15) is 0 Å². The third-order valence-electron chi connectivity index (χ3n) is 1.48. The Morgan fingerprint density at radius 1 is 1.36 bits per heavy atom. The van der Waals surface area contributed by atoms with Crippen LogP contribution < -0.4 is 0 Å². The number of rotatable bonds is 3. The van der Waals surface area contributed by atoms with E-state index in [1.165, 1.54) is 5.57 Å². The molecule has 0 saturated heterocycles. The van der Waals surface area contributed by atoms with Crippen LogP contribution in [0, 0.1) is 5.92 Å². The number of hydrogen-bond acceptors (Lipinski definition) is 1. The lowest BCUT2D eigenvalue weighted by atomic mass is 10.1. The van der Waals surface area contributed by atoms with E-state index in [1.807, 2.05) is 13.8 Å². The van der Waals surface area contributed by atoms with Gasteiger partial charge in [0.2, 0.25) is 0 Å². The zero-order chi connectivity index (χ0) is 9.44. The molecule has 0 bridgehead atoms. The minimum Gasteiger partial charge on any atom is -0.309 e. The van der Waals surface area contributed by atoms with Crippen LogP contribution in [-0.4, -0.2) is 25.5 Å². The fraction of sp³-hybridized carbons (Fsp3) is 0.800. The van der Waals surface area contributed by atoms with Crippen molar-refractivity contribution in [3.8, 4) is 0 Å². The van der Waals surface area contributed by atoms with Crippen LogP contribution in [0.4, 0.5) is 0 Å². The summed E-state index contributed by atoms with van der Waals surface area (Å²) in [6.07, 6.45) is 0. The quantitative estimate of drug-likeness (QED) is 0.569. The molecule has 1 atom stereocenters. The van der Waals surface area contributed by atoms with Gasteiger partial charge in [0.15, 0.2) is 0 Å². The Labute approximate surface area is 72.1 Å². The first kappa shape index (κ1) is 13.3. The lowest BCUT2D eigenvalue weighted by molar-refractivity contribution is 0.363. The third-order valence-corrected chi connectivity index (χ3v) is 1.48. The van der Waals surface area contributed by atoms with Crippen LogP contribution in [-0.2, 0) is 0 Å². The smallest absolute Gasteiger partial charge is 0.00380 e. The number of nitrogens with zero attached hydrogens (tertiary/aromatic N) is 1. The Kier molecular flexibility index (Phi) is 9.44. The first-order chi connectivity index (χ1) is 5.04. The summed E-state index contributed by atoms with van der Waals surface area (Å²) in [5.41, 5.74) is 1.27. The highest BCUT2D eigenvalue weighted by atomic mass is 15.1. The normalized spacial score (nSPS) is 11.9. The molecular weight excluding hydrogens is 134 g/mol. The summed E-state index contributed by atoms with van der Waals surface area (Å²) >= 11 is 0. The van der Waals surface area contributed by atoms with Crippen molar-refractivity contribution < 1.29 is 0 Å². The van der Waals surface area contributed by atoms with Gasteiger partial charge in [0, 0.05) is 6.54 Å². The Morgan fingerprint density at radius 2 is 1.73 bits per heavy atom. The molecule has 11 heavy (non-hydrogen) atoms. The van der Waals surface area contributed by atoms with Crippen molar-refractivity contribution >= 4 is 0 Å². The highest BCUT2D eigenvalue weighted by Crippen LogP contribution is 2.06. The van der Waals surface area contributed by atoms with Gasteiger partial charge in [0.05, 0.1) is 0 Å². The van der Waals surface area contributed by atoms with E-state index in [9.17, 15) is 0 Å². The molecule has 0 amide bonds. The van der Waals surface area contributed by atoms with Gasteiger partial charge >= 0.3 is 0 Å². The second kappa shape index (κ2) is 7.80. The molecule has 0 saturated carbocycles. The SMILES string of the molecule is C=C(C)C(C)CN(C)C.CC. The van der Waals surface area contributed by atoms with Gasteiger partial charge in [-0.05, 0) is 26.9 Å². The molecule has 0 heterocycles. The summed E-state index contributed by atoms with van der Waals surface area (Å²) in [5, 5.41) is 0. The molecule has 0 aromatic rings. The van der Waals surface area contributed by atoms with Crippen molar-refractivity contribution in [3.05, 3.63) is 12.2 Å². The van der Waals surface area contributed by atoms with Crippen LogP contribution in [0.25, 0.3) is 0 Å². The van der Waals surface area contributed by atoms with Crippen molar-refractivity contribution in [2.45, 2.75) is 27.7 Å². The molecule has 0 rings (SSSR count). The first-order valence-electron chi connectivity index (χ1n) is 4.34. The highest BCUT2D eigenvalue weighted by molar-refractivity contribution is 4.94. The lowest BCUT2D eigenvalue weighted by Gasteiger charge is -2.16. The summed E-state index contributed by atoms with van der Waals surface area (Å²) in [5.74, 6) is 0.625. The van der Waals surface area contributed by atoms with E-state index in [4.69, 9.17) is 0 Å². The van der Waals surface area contributed by atoms with Gasteiger partial charge in [-0.1, -0.05) is 32.9 Å². The second-order valence-corrected chi connectivity index (χ2v) is 3.01. The van der Waals surface area contributed by atoms with Gasteiger partial charge in [0.1, 0.15) is 0 Å². The Bertz CT molecular complexity index is 95.0. The first-order valence-corrected chi connectivity index (χ1v) is 4.34. The third kappa shape index (κ3) is 9.70. The van der Waals surface area contributed by atoms with E-state index in [0.717, 1.165) is 6.54 Å². The van der Waals surface area contributed by atoms with E-state index >= 15 is 0 Å². The fourth-order valence-corrected chi connectivity index (χ4v) is 0.704. The van der Waals surface area contributed by atoms with Crippen LogP contribution in [0.1, 0.15) is 27.7 Å². The summed E-state index contributed by atoms with van der Waals surface area (Å²) in [6.45, 7) is 13.3. The van der Waals surface area contributed by atoms with Crippen LogP contribution in [0.5, 0.6) is 0 Å². The average molecular weight is 157 g/mol. The molecule has 0 fully saturated rings. The van der Waals surface area contributed by atoms with Crippen molar-refractivity contribution in [1.82, 2.24) is 4.90 Å².